The number of fused-ring (bicyclic) bond motifs is 1. The molecule has 0 radical (unpaired) electrons. The second-order valence-corrected chi connectivity index (χ2v) is 6.26. The molecule has 134 valence electrons. The largest absolute Gasteiger partial charge is 0.497 e. The topological polar surface area (TPSA) is 71.8 Å². The Labute approximate surface area is 154 Å². The lowest BCUT2D eigenvalue weighted by Gasteiger charge is -2.23. The standard InChI is InChI=1S/C19H17ClN2O4/c1-21-17(22(2)19(24)25)16(11-5-4-6-13(9-11)26-3)15-10-12(20)7-8-14(15)18(21)23/h4-10H,1-3H3,(H,24,25). The third-order valence-corrected chi connectivity index (χ3v) is 4.53. The van der Waals surface area contributed by atoms with Crippen LogP contribution in [0.25, 0.3) is 21.9 Å². The van der Waals surface area contributed by atoms with Gasteiger partial charge in [-0.2, -0.15) is 0 Å². The van der Waals surface area contributed by atoms with E-state index in [2.05, 4.69) is 0 Å². The van der Waals surface area contributed by atoms with E-state index in [1.807, 2.05) is 6.07 Å². The number of carboxylic acid groups (broad SMARTS) is 1. The van der Waals surface area contributed by atoms with Crippen LogP contribution < -0.4 is 15.2 Å². The van der Waals surface area contributed by atoms with Crippen LogP contribution in [0, 0.1) is 0 Å². The average molecular weight is 373 g/mol. The van der Waals surface area contributed by atoms with Gasteiger partial charge in [-0.05, 0) is 35.9 Å². The number of halogens is 1. The van der Waals surface area contributed by atoms with Crippen molar-refractivity contribution < 1.29 is 14.6 Å². The average Bonchev–Trinajstić information content (AvgIpc) is 2.63. The summed E-state index contributed by atoms with van der Waals surface area (Å²) in [7, 11) is 4.51. The Bertz CT molecular complexity index is 1080. The molecule has 1 aromatic heterocycles. The Morgan fingerprint density at radius 3 is 2.58 bits per heavy atom. The van der Waals surface area contributed by atoms with Gasteiger partial charge in [0.2, 0.25) is 0 Å². The van der Waals surface area contributed by atoms with Gasteiger partial charge in [0.05, 0.1) is 7.11 Å². The number of carbonyl (C=O) groups is 1. The Balaban J connectivity index is 2.53. The van der Waals surface area contributed by atoms with Gasteiger partial charge in [-0.15, -0.1) is 0 Å². The Morgan fingerprint density at radius 1 is 1.19 bits per heavy atom. The van der Waals surface area contributed by atoms with E-state index < -0.39 is 6.09 Å². The number of nitrogens with zero attached hydrogens (tertiary/aromatic N) is 2. The van der Waals surface area contributed by atoms with E-state index in [0.717, 1.165) is 10.5 Å². The number of anilines is 1. The summed E-state index contributed by atoms with van der Waals surface area (Å²) < 4.78 is 6.62. The van der Waals surface area contributed by atoms with Crippen molar-refractivity contribution in [2.75, 3.05) is 19.1 Å². The summed E-state index contributed by atoms with van der Waals surface area (Å²) in [5.74, 6) is 0.876. The highest BCUT2D eigenvalue weighted by Crippen LogP contribution is 2.37. The minimum absolute atomic E-state index is 0.255. The zero-order valence-corrected chi connectivity index (χ0v) is 15.2. The van der Waals surface area contributed by atoms with Gasteiger partial charge in [-0.25, -0.2) is 4.79 Å². The van der Waals surface area contributed by atoms with Crippen LogP contribution in [0.5, 0.6) is 5.75 Å². The van der Waals surface area contributed by atoms with Crippen LogP contribution in [0.1, 0.15) is 0 Å². The number of hydrogen-bond donors (Lipinski definition) is 1. The van der Waals surface area contributed by atoms with Crippen LogP contribution in [0.3, 0.4) is 0 Å². The highest BCUT2D eigenvalue weighted by molar-refractivity contribution is 6.31. The molecule has 7 heteroatoms. The maximum absolute atomic E-state index is 12.8. The number of pyridine rings is 1. The van der Waals surface area contributed by atoms with Gasteiger partial charge < -0.3 is 9.84 Å². The molecule has 0 saturated carbocycles. The van der Waals surface area contributed by atoms with Crippen molar-refractivity contribution in [3.63, 3.8) is 0 Å². The van der Waals surface area contributed by atoms with E-state index in [1.165, 1.54) is 11.6 Å². The molecular weight excluding hydrogens is 356 g/mol. The zero-order valence-electron chi connectivity index (χ0n) is 14.5. The van der Waals surface area contributed by atoms with Crippen molar-refractivity contribution in [2.45, 2.75) is 0 Å². The number of hydrogen-bond acceptors (Lipinski definition) is 3. The van der Waals surface area contributed by atoms with Gasteiger partial charge in [0.1, 0.15) is 11.6 Å². The zero-order chi connectivity index (χ0) is 19.0. The molecule has 3 aromatic rings. The molecule has 0 aliphatic heterocycles. The molecule has 6 nitrogen and oxygen atoms in total. The predicted octanol–water partition coefficient (Wildman–Crippen LogP) is 3.98. The van der Waals surface area contributed by atoms with Gasteiger partial charge in [-0.1, -0.05) is 23.7 Å². The van der Waals surface area contributed by atoms with E-state index in [9.17, 15) is 14.7 Å². The summed E-state index contributed by atoms with van der Waals surface area (Å²) in [6, 6.07) is 12.2. The molecule has 0 spiro atoms. The molecular formula is C19H17ClN2O4. The summed E-state index contributed by atoms with van der Waals surface area (Å²) >= 11 is 6.16. The Hall–Kier alpha value is -2.99. The first-order valence-corrected chi connectivity index (χ1v) is 8.16. The van der Waals surface area contributed by atoms with E-state index in [4.69, 9.17) is 16.3 Å². The van der Waals surface area contributed by atoms with Crippen LogP contribution in [0.4, 0.5) is 10.6 Å². The van der Waals surface area contributed by atoms with Gasteiger partial charge in [0.15, 0.2) is 0 Å². The number of ether oxygens (including phenoxy) is 1. The van der Waals surface area contributed by atoms with Gasteiger partial charge in [-0.3, -0.25) is 14.3 Å². The lowest BCUT2D eigenvalue weighted by molar-refractivity contribution is 0.203. The van der Waals surface area contributed by atoms with Crippen molar-refractivity contribution in [2.24, 2.45) is 7.05 Å². The molecule has 1 N–H and O–H groups in total. The van der Waals surface area contributed by atoms with E-state index >= 15 is 0 Å². The SMILES string of the molecule is COc1cccc(-c2c(N(C)C(=O)O)n(C)c(=O)c3ccc(Cl)cc23)c1. The van der Waals surface area contributed by atoms with Crippen molar-refractivity contribution in [1.29, 1.82) is 0 Å². The third kappa shape index (κ3) is 2.88. The van der Waals surface area contributed by atoms with Crippen molar-refractivity contribution in [1.82, 2.24) is 4.57 Å². The smallest absolute Gasteiger partial charge is 0.412 e. The van der Waals surface area contributed by atoms with Crippen LogP contribution in [-0.2, 0) is 7.05 Å². The molecule has 0 bridgehead atoms. The Morgan fingerprint density at radius 2 is 1.92 bits per heavy atom. The maximum atomic E-state index is 12.8. The third-order valence-electron chi connectivity index (χ3n) is 4.29. The second-order valence-electron chi connectivity index (χ2n) is 5.83. The molecule has 26 heavy (non-hydrogen) atoms. The van der Waals surface area contributed by atoms with Crippen LogP contribution in [-0.4, -0.2) is 29.9 Å². The fourth-order valence-corrected chi connectivity index (χ4v) is 3.19. The highest BCUT2D eigenvalue weighted by atomic mass is 35.5. The molecule has 0 aliphatic carbocycles. The first-order valence-electron chi connectivity index (χ1n) is 7.78. The van der Waals surface area contributed by atoms with Gasteiger partial charge in [0.25, 0.3) is 5.56 Å². The van der Waals surface area contributed by atoms with Gasteiger partial charge in [0, 0.05) is 35.5 Å². The van der Waals surface area contributed by atoms with Crippen LogP contribution >= 0.6 is 11.6 Å². The first-order chi connectivity index (χ1) is 12.3. The molecule has 3 rings (SSSR count). The number of rotatable bonds is 3. The summed E-state index contributed by atoms with van der Waals surface area (Å²) in [6.45, 7) is 0. The van der Waals surface area contributed by atoms with E-state index in [0.29, 0.717) is 27.1 Å². The molecule has 0 aliphatic rings. The predicted molar refractivity (Wildman–Crippen MR) is 103 cm³/mol. The fraction of sp³-hybridized carbons (Fsp3) is 0.158. The number of benzene rings is 2. The fourth-order valence-electron chi connectivity index (χ4n) is 3.02. The van der Waals surface area contributed by atoms with E-state index in [1.54, 1.807) is 50.6 Å². The molecule has 0 atom stereocenters. The summed E-state index contributed by atoms with van der Waals surface area (Å²) in [6.07, 6.45) is -1.18. The second kappa shape index (κ2) is 6.72. The quantitative estimate of drug-likeness (QED) is 0.754. The number of aromatic nitrogens is 1. The maximum Gasteiger partial charge on any atom is 0.412 e. The van der Waals surface area contributed by atoms with E-state index in [-0.39, 0.29) is 11.4 Å². The molecule has 1 amide bonds. The molecule has 0 unspecified atom stereocenters. The monoisotopic (exact) mass is 372 g/mol. The lowest BCUT2D eigenvalue weighted by atomic mass is 9.98. The summed E-state index contributed by atoms with van der Waals surface area (Å²) in [5, 5.41) is 11.0. The molecule has 0 saturated heterocycles. The minimum Gasteiger partial charge on any atom is -0.497 e. The van der Waals surface area contributed by atoms with Crippen molar-refractivity contribution in [3.8, 4) is 16.9 Å². The van der Waals surface area contributed by atoms with Crippen LogP contribution in [0.2, 0.25) is 5.02 Å². The highest BCUT2D eigenvalue weighted by Gasteiger charge is 2.23. The Kier molecular flexibility index (Phi) is 4.61. The van der Waals surface area contributed by atoms with Crippen molar-refractivity contribution in [3.05, 3.63) is 57.8 Å². The molecule has 2 aromatic carbocycles. The van der Waals surface area contributed by atoms with Crippen LogP contribution in [0.15, 0.2) is 47.3 Å². The minimum atomic E-state index is -1.18. The van der Waals surface area contributed by atoms with Crippen molar-refractivity contribution >= 4 is 34.3 Å². The first kappa shape index (κ1) is 17.8. The summed E-state index contributed by atoms with van der Waals surface area (Å²) in [5.41, 5.74) is 1.01. The lowest BCUT2D eigenvalue weighted by Crippen LogP contribution is -2.32. The van der Waals surface area contributed by atoms with Gasteiger partial charge >= 0.3 is 6.09 Å². The normalized spacial score (nSPS) is 10.8. The number of methoxy groups -OCH3 is 1. The summed E-state index contributed by atoms with van der Waals surface area (Å²) in [4.78, 5) is 25.4. The molecule has 0 fully saturated rings. The molecule has 1 heterocycles. The number of amides is 1.